The average molecular weight is 329 g/mol. The topological polar surface area (TPSA) is 24.3 Å². The number of likely N-dealkylation sites (tertiary alicyclic amines) is 1. The highest BCUT2D eigenvalue weighted by Crippen LogP contribution is 2.24. The number of benzene rings is 1. The smallest absolute Gasteiger partial charge is 0.112 e. The second kappa shape index (κ2) is 8.13. The molecule has 1 unspecified atom stereocenters. The monoisotopic (exact) mass is 328 g/mol. The Bertz CT molecular complexity index is 638. The summed E-state index contributed by atoms with van der Waals surface area (Å²) < 4.78 is 2.46. The molecule has 1 aromatic carbocycles. The van der Waals surface area contributed by atoms with Gasteiger partial charge in [-0.15, -0.1) is 0 Å². The first kappa shape index (κ1) is 17.4. The Morgan fingerprint density at radius 2 is 1.79 bits per heavy atom. The van der Waals surface area contributed by atoms with E-state index in [1.165, 1.54) is 43.7 Å². The van der Waals surface area contributed by atoms with Crippen LogP contribution in [0.2, 0.25) is 0 Å². The number of piperidine rings is 1. The first-order valence-electron chi connectivity index (χ1n) is 9.66. The van der Waals surface area contributed by atoms with Gasteiger partial charge >= 0.3 is 0 Å². The molecule has 1 saturated heterocycles. The Balaban J connectivity index is 1.86. The van der Waals surface area contributed by atoms with Crippen molar-refractivity contribution in [2.24, 2.45) is 0 Å². The van der Waals surface area contributed by atoms with Crippen molar-refractivity contribution in [2.45, 2.75) is 52.6 Å². The summed E-state index contributed by atoms with van der Waals surface area (Å²) in [7, 11) is 0. The summed E-state index contributed by atoms with van der Waals surface area (Å²) in [6.07, 6.45) is 5.50. The van der Waals surface area contributed by atoms with E-state index in [0.29, 0.717) is 6.17 Å². The third-order valence-corrected chi connectivity index (χ3v) is 5.48. The predicted molar refractivity (Wildman–Crippen MR) is 101 cm³/mol. The van der Waals surface area contributed by atoms with Crippen molar-refractivity contribution in [2.75, 3.05) is 32.7 Å². The largest absolute Gasteiger partial charge is 0.312 e. The predicted octanol–water partition coefficient (Wildman–Crippen LogP) is 3.93. The van der Waals surface area contributed by atoms with Crippen LogP contribution in [0.4, 0.5) is 0 Å². The lowest BCUT2D eigenvalue weighted by Gasteiger charge is -2.30. The van der Waals surface area contributed by atoms with Gasteiger partial charge in [-0.3, -0.25) is 4.90 Å². The summed E-state index contributed by atoms with van der Waals surface area (Å²) in [4.78, 5) is 10.1. The van der Waals surface area contributed by atoms with Gasteiger partial charge in [0.25, 0.3) is 0 Å². The van der Waals surface area contributed by atoms with E-state index in [1.54, 1.807) is 0 Å². The van der Waals surface area contributed by atoms with Crippen molar-refractivity contribution >= 4 is 11.0 Å². The van der Waals surface area contributed by atoms with E-state index < -0.39 is 0 Å². The van der Waals surface area contributed by atoms with Crippen LogP contribution in [0.1, 0.15) is 52.0 Å². The van der Waals surface area contributed by atoms with Crippen molar-refractivity contribution in [3.8, 4) is 0 Å². The van der Waals surface area contributed by atoms with Gasteiger partial charge in [-0.05, 0) is 58.1 Å². The fourth-order valence-corrected chi connectivity index (χ4v) is 4.04. The van der Waals surface area contributed by atoms with E-state index in [4.69, 9.17) is 4.98 Å². The molecule has 1 atom stereocenters. The minimum absolute atomic E-state index is 0.351. The minimum Gasteiger partial charge on any atom is -0.312 e. The van der Waals surface area contributed by atoms with Crippen LogP contribution in [-0.2, 0) is 6.42 Å². The third kappa shape index (κ3) is 3.65. The molecule has 0 spiro atoms. The highest BCUT2D eigenvalue weighted by Gasteiger charge is 2.20. The van der Waals surface area contributed by atoms with E-state index in [0.717, 1.165) is 31.6 Å². The molecule has 0 aliphatic carbocycles. The zero-order valence-electron chi connectivity index (χ0n) is 15.5. The second-order valence-electron chi connectivity index (χ2n) is 6.89. The number of rotatable bonds is 7. The SMILES string of the molecule is CCN(CC)C(C)n1c(CCN2CCCCC2)nc2ccccc21. The molecule has 1 aliphatic heterocycles. The number of hydrogen-bond donors (Lipinski definition) is 0. The summed E-state index contributed by atoms with van der Waals surface area (Å²) >= 11 is 0. The molecule has 2 heterocycles. The second-order valence-corrected chi connectivity index (χ2v) is 6.89. The molecule has 0 amide bonds. The van der Waals surface area contributed by atoms with Crippen LogP contribution in [0.15, 0.2) is 24.3 Å². The Morgan fingerprint density at radius 3 is 2.50 bits per heavy atom. The molecular weight excluding hydrogens is 296 g/mol. The maximum Gasteiger partial charge on any atom is 0.112 e. The Morgan fingerprint density at radius 1 is 1.08 bits per heavy atom. The van der Waals surface area contributed by atoms with Gasteiger partial charge < -0.3 is 9.47 Å². The minimum atomic E-state index is 0.351. The van der Waals surface area contributed by atoms with Crippen LogP contribution in [0.3, 0.4) is 0 Å². The van der Waals surface area contributed by atoms with Crippen molar-refractivity contribution in [3.05, 3.63) is 30.1 Å². The van der Waals surface area contributed by atoms with E-state index >= 15 is 0 Å². The molecular formula is C20H32N4. The normalized spacial score (nSPS) is 17.7. The van der Waals surface area contributed by atoms with E-state index in [2.05, 4.69) is 59.4 Å². The van der Waals surface area contributed by atoms with Gasteiger partial charge in [0, 0.05) is 13.0 Å². The number of aromatic nitrogens is 2. The molecule has 0 N–H and O–H groups in total. The van der Waals surface area contributed by atoms with Crippen LogP contribution in [0.25, 0.3) is 11.0 Å². The zero-order valence-corrected chi connectivity index (χ0v) is 15.5. The molecule has 0 bridgehead atoms. The number of para-hydroxylation sites is 2. The van der Waals surface area contributed by atoms with Gasteiger partial charge in [-0.25, -0.2) is 4.98 Å². The van der Waals surface area contributed by atoms with Crippen LogP contribution < -0.4 is 0 Å². The first-order valence-corrected chi connectivity index (χ1v) is 9.66. The number of hydrogen-bond acceptors (Lipinski definition) is 3. The molecule has 132 valence electrons. The van der Waals surface area contributed by atoms with Gasteiger partial charge in [0.1, 0.15) is 5.82 Å². The molecule has 24 heavy (non-hydrogen) atoms. The molecule has 4 heteroatoms. The van der Waals surface area contributed by atoms with Crippen molar-refractivity contribution in [1.29, 1.82) is 0 Å². The van der Waals surface area contributed by atoms with Gasteiger partial charge in [-0.1, -0.05) is 32.4 Å². The molecule has 1 fully saturated rings. The van der Waals surface area contributed by atoms with Crippen LogP contribution in [0.5, 0.6) is 0 Å². The highest BCUT2D eigenvalue weighted by atomic mass is 15.3. The van der Waals surface area contributed by atoms with Gasteiger partial charge in [0.05, 0.1) is 17.2 Å². The summed E-state index contributed by atoms with van der Waals surface area (Å²) in [5.74, 6) is 1.24. The van der Waals surface area contributed by atoms with E-state index in [-0.39, 0.29) is 0 Å². The van der Waals surface area contributed by atoms with Crippen molar-refractivity contribution in [1.82, 2.24) is 19.4 Å². The van der Waals surface area contributed by atoms with Crippen LogP contribution in [-0.4, -0.2) is 52.1 Å². The molecule has 1 aromatic heterocycles. The van der Waals surface area contributed by atoms with E-state index in [9.17, 15) is 0 Å². The first-order chi connectivity index (χ1) is 11.7. The third-order valence-electron chi connectivity index (χ3n) is 5.48. The van der Waals surface area contributed by atoms with Crippen LogP contribution >= 0.6 is 0 Å². The average Bonchev–Trinajstić information content (AvgIpc) is 3.00. The summed E-state index contributed by atoms with van der Waals surface area (Å²) in [6.45, 7) is 12.6. The van der Waals surface area contributed by atoms with Crippen molar-refractivity contribution < 1.29 is 0 Å². The number of nitrogens with zero attached hydrogens (tertiary/aromatic N) is 4. The maximum atomic E-state index is 4.98. The Labute approximate surface area is 146 Å². The van der Waals surface area contributed by atoms with Gasteiger partial charge in [0.2, 0.25) is 0 Å². The highest BCUT2D eigenvalue weighted by molar-refractivity contribution is 5.76. The molecule has 1 aliphatic rings. The number of imidazole rings is 1. The fraction of sp³-hybridized carbons (Fsp3) is 0.650. The lowest BCUT2D eigenvalue weighted by molar-refractivity contribution is 0.170. The van der Waals surface area contributed by atoms with Gasteiger partial charge in [0.15, 0.2) is 0 Å². The lowest BCUT2D eigenvalue weighted by Crippen LogP contribution is -2.34. The molecule has 4 nitrogen and oxygen atoms in total. The van der Waals surface area contributed by atoms with Crippen molar-refractivity contribution in [3.63, 3.8) is 0 Å². The Hall–Kier alpha value is -1.39. The standard InChI is InChI=1S/C20H32N4/c1-4-23(5-2)17(3)24-19-12-8-7-11-18(19)21-20(24)13-16-22-14-9-6-10-15-22/h7-8,11-12,17H,4-6,9-10,13-16H2,1-3H3. The summed E-state index contributed by atoms with van der Waals surface area (Å²) in [6, 6.07) is 8.58. The number of fused-ring (bicyclic) bond motifs is 1. The molecule has 2 aromatic rings. The van der Waals surface area contributed by atoms with E-state index in [1.807, 2.05) is 0 Å². The maximum absolute atomic E-state index is 4.98. The summed E-state index contributed by atoms with van der Waals surface area (Å²) in [5, 5.41) is 0. The quantitative estimate of drug-likeness (QED) is 0.770. The Kier molecular flexibility index (Phi) is 5.90. The molecule has 3 rings (SSSR count). The van der Waals surface area contributed by atoms with Crippen LogP contribution in [0, 0.1) is 0 Å². The summed E-state index contributed by atoms with van der Waals surface area (Å²) in [5.41, 5.74) is 2.40. The molecule has 0 saturated carbocycles. The molecule has 0 radical (unpaired) electrons. The van der Waals surface area contributed by atoms with Gasteiger partial charge in [-0.2, -0.15) is 0 Å². The zero-order chi connectivity index (χ0) is 16.9. The fourth-order valence-electron chi connectivity index (χ4n) is 4.04. The lowest BCUT2D eigenvalue weighted by atomic mass is 10.1.